The summed E-state index contributed by atoms with van der Waals surface area (Å²) in [6.07, 6.45) is 24.5. The summed E-state index contributed by atoms with van der Waals surface area (Å²) in [5.41, 5.74) is 0. The monoisotopic (exact) mass is 1020 g/mol. The fraction of sp³-hybridized carbons (Fsp3) is 0.926. The maximum Gasteiger partial charge on any atom is 0.470 e. The predicted molar refractivity (Wildman–Crippen MR) is 275 cm³/mol. The van der Waals surface area contributed by atoms with Gasteiger partial charge in [0.1, 0.15) is 30.5 Å². The van der Waals surface area contributed by atoms with Crippen molar-refractivity contribution >= 4 is 31.6 Å². The van der Waals surface area contributed by atoms with Gasteiger partial charge >= 0.3 is 25.7 Å². The number of carbonyl (C=O) groups excluding carboxylic acids is 4. The Morgan fingerprint density at radius 1 is 0.529 bits per heavy atom. The van der Waals surface area contributed by atoms with E-state index in [0.717, 1.165) is 116 Å². The van der Waals surface area contributed by atoms with Gasteiger partial charge in [-0.2, -0.15) is 0 Å². The molecule has 0 saturated carbocycles. The van der Waals surface area contributed by atoms with Crippen LogP contribution >= 0.6 is 7.82 Å². The first-order chi connectivity index (χ1) is 33.8. The van der Waals surface area contributed by atoms with Crippen LogP contribution in [0.1, 0.15) is 266 Å². The summed E-state index contributed by atoms with van der Waals surface area (Å²) in [6, 6.07) is -1.38. The lowest BCUT2D eigenvalue weighted by Crippen LogP contribution is -2.66. The summed E-state index contributed by atoms with van der Waals surface area (Å²) in [5, 5.41) is 13.2. The van der Waals surface area contributed by atoms with Gasteiger partial charge in [-0.25, -0.2) is 4.57 Å². The van der Waals surface area contributed by atoms with E-state index in [9.17, 15) is 38.6 Å². The molecular weight excluding hydrogens is 918 g/mol. The van der Waals surface area contributed by atoms with Crippen molar-refractivity contribution in [2.75, 3.05) is 13.2 Å². The smallest absolute Gasteiger partial charge is 0.462 e. The van der Waals surface area contributed by atoms with E-state index in [1.807, 2.05) is 0 Å². The third-order valence-electron chi connectivity index (χ3n) is 13.1. The second kappa shape index (κ2) is 43.3. The van der Waals surface area contributed by atoms with Crippen LogP contribution in [0.25, 0.3) is 0 Å². The Hall–Kier alpha value is -2.13. The summed E-state index contributed by atoms with van der Waals surface area (Å²) in [6.45, 7) is 9.64. The molecular formula is C54H102NO14P. The van der Waals surface area contributed by atoms with Gasteiger partial charge in [-0.15, -0.1) is 0 Å². The number of aliphatic hydroxyl groups is 1. The number of amides is 1. The highest BCUT2D eigenvalue weighted by atomic mass is 31.2. The lowest BCUT2D eigenvalue weighted by Gasteiger charge is -2.45. The molecule has 0 aromatic rings. The summed E-state index contributed by atoms with van der Waals surface area (Å²) in [7, 11) is -5.31. The predicted octanol–water partition coefficient (Wildman–Crippen LogP) is 12.6. The molecule has 412 valence electrons. The minimum absolute atomic E-state index is 0.0620. The van der Waals surface area contributed by atoms with Gasteiger partial charge < -0.3 is 43.9 Å². The number of aliphatic hydroxyl groups excluding tert-OH is 1. The number of carbonyl (C=O) groups is 4. The molecule has 1 heterocycles. The standard InChI is InChI=1S/C54H102NO14P/c1-6-11-15-19-23-25-27-29-33-37-44(65-48(58)39-35-31-21-17-13-8-3)41-47(57)55-51-53(52(69-70(61,62)63)46(43-56)67-54(51)64-10-5)68-50(60)42-45(38-34-30-28-26-24-20-16-12-7-2)66-49(59)40-36-32-22-18-14-9-4/h44-46,51-54,56H,6-43H2,1-5H3,(H,55,57)(H2,61,62,63)/t44-,45-,46?,51?,52?,53?,54?/m1/s1. The van der Waals surface area contributed by atoms with Gasteiger partial charge in [-0.05, 0) is 45.4 Å². The summed E-state index contributed by atoms with van der Waals surface area (Å²) >= 11 is 0. The number of esters is 3. The van der Waals surface area contributed by atoms with E-state index < -0.39 is 75.1 Å². The van der Waals surface area contributed by atoms with E-state index in [1.165, 1.54) is 57.8 Å². The van der Waals surface area contributed by atoms with Gasteiger partial charge in [0.2, 0.25) is 5.91 Å². The molecule has 16 heteroatoms. The highest BCUT2D eigenvalue weighted by molar-refractivity contribution is 7.46. The first-order valence-corrected chi connectivity index (χ1v) is 29.8. The normalized spacial score (nSPS) is 19.1. The lowest BCUT2D eigenvalue weighted by molar-refractivity contribution is -0.270. The number of rotatable bonds is 47. The number of hydrogen-bond acceptors (Lipinski definition) is 12. The van der Waals surface area contributed by atoms with Crippen LogP contribution in [0.3, 0.4) is 0 Å². The van der Waals surface area contributed by atoms with Crippen molar-refractivity contribution < 1.29 is 66.8 Å². The maximum absolute atomic E-state index is 14.1. The summed E-state index contributed by atoms with van der Waals surface area (Å²) in [5.74, 6) is -2.26. The molecule has 0 aliphatic carbocycles. The van der Waals surface area contributed by atoms with Crippen LogP contribution in [-0.4, -0.2) is 94.8 Å². The molecule has 15 nitrogen and oxygen atoms in total. The van der Waals surface area contributed by atoms with E-state index >= 15 is 0 Å². The van der Waals surface area contributed by atoms with Crippen molar-refractivity contribution in [3.63, 3.8) is 0 Å². The molecule has 1 saturated heterocycles. The molecule has 1 amide bonds. The third-order valence-corrected chi connectivity index (χ3v) is 13.7. The molecule has 4 N–H and O–H groups in total. The van der Waals surface area contributed by atoms with Gasteiger partial charge in [0.25, 0.3) is 0 Å². The Balaban J connectivity index is 3.33. The molecule has 70 heavy (non-hydrogen) atoms. The SMILES string of the molecule is CCCCCCCCCCC[C@H](CC(=O)NC1C(OCC)OC(CO)C(OP(=O)(O)O)C1OC(=O)C[C@@H](CCCCCCCCCCC)OC(=O)CCCCCCCC)OC(=O)CCCCCCCC. The Bertz CT molecular complexity index is 1370. The number of nitrogens with one attached hydrogen (secondary N) is 1. The Labute approximate surface area is 424 Å². The van der Waals surface area contributed by atoms with Crippen molar-refractivity contribution in [1.82, 2.24) is 5.32 Å². The van der Waals surface area contributed by atoms with Crippen molar-refractivity contribution in [3.05, 3.63) is 0 Å². The minimum Gasteiger partial charge on any atom is -0.462 e. The second-order valence-corrected chi connectivity index (χ2v) is 20.9. The quantitative estimate of drug-likeness (QED) is 0.0193. The van der Waals surface area contributed by atoms with Crippen LogP contribution < -0.4 is 5.32 Å². The van der Waals surface area contributed by atoms with Crippen molar-refractivity contribution in [2.24, 2.45) is 0 Å². The van der Waals surface area contributed by atoms with Crippen LogP contribution in [0.2, 0.25) is 0 Å². The third kappa shape index (κ3) is 34.3. The first kappa shape index (κ1) is 65.9. The number of hydrogen-bond donors (Lipinski definition) is 4. The average Bonchev–Trinajstić information content (AvgIpc) is 3.31. The molecule has 1 rings (SSSR count). The fourth-order valence-electron chi connectivity index (χ4n) is 9.13. The van der Waals surface area contributed by atoms with Crippen molar-refractivity contribution in [2.45, 2.75) is 309 Å². The molecule has 0 aromatic heterocycles. The van der Waals surface area contributed by atoms with Gasteiger partial charge in [0, 0.05) is 19.4 Å². The molecule has 1 aliphatic rings. The fourth-order valence-corrected chi connectivity index (χ4v) is 9.71. The topological polar surface area (TPSA) is 213 Å². The molecule has 0 bridgehead atoms. The van der Waals surface area contributed by atoms with Crippen molar-refractivity contribution in [3.8, 4) is 0 Å². The Morgan fingerprint density at radius 3 is 1.30 bits per heavy atom. The molecule has 1 aliphatic heterocycles. The molecule has 5 unspecified atom stereocenters. The Kier molecular flexibility index (Phi) is 40.7. The van der Waals surface area contributed by atoms with E-state index in [2.05, 4.69) is 33.0 Å². The van der Waals surface area contributed by atoms with E-state index in [0.29, 0.717) is 32.1 Å². The largest absolute Gasteiger partial charge is 0.470 e. The number of ether oxygens (including phenoxy) is 5. The van der Waals surface area contributed by atoms with Crippen LogP contribution in [0, 0.1) is 0 Å². The average molecular weight is 1020 g/mol. The van der Waals surface area contributed by atoms with Gasteiger partial charge in [-0.3, -0.25) is 23.7 Å². The summed E-state index contributed by atoms with van der Waals surface area (Å²) in [4.78, 5) is 74.6. The van der Waals surface area contributed by atoms with Crippen LogP contribution in [-0.2, 0) is 52.0 Å². The number of phosphoric ester groups is 1. The zero-order chi connectivity index (χ0) is 51.7. The van der Waals surface area contributed by atoms with E-state index in [-0.39, 0.29) is 38.3 Å². The van der Waals surface area contributed by atoms with E-state index in [1.54, 1.807) is 6.92 Å². The minimum atomic E-state index is -5.31. The highest BCUT2D eigenvalue weighted by Crippen LogP contribution is 2.42. The van der Waals surface area contributed by atoms with E-state index in [4.69, 9.17) is 28.2 Å². The number of phosphoric acid groups is 1. The van der Waals surface area contributed by atoms with Crippen LogP contribution in [0.15, 0.2) is 0 Å². The second-order valence-electron chi connectivity index (χ2n) is 19.7. The molecule has 0 spiro atoms. The Morgan fingerprint density at radius 2 is 0.914 bits per heavy atom. The lowest BCUT2D eigenvalue weighted by atomic mass is 9.96. The molecule has 7 atom stereocenters. The molecule has 0 radical (unpaired) electrons. The molecule has 0 aromatic carbocycles. The zero-order valence-electron chi connectivity index (χ0n) is 44.7. The summed E-state index contributed by atoms with van der Waals surface area (Å²) < 4.78 is 47.3. The first-order valence-electron chi connectivity index (χ1n) is 28.3. The van der Waals surface area contributed by atoms with Gasteiger partial charge in [0.05, 0.1) is 19.4 Å². The van der Waals surface area contributed by atoms with Gasteiger partial charge in [-0.1, -0.05) is 195 Å². The van der Waals surface area contributed by atoms with Crippen molar-refractivity contribution in [1.29, 1.82) is 0 Å². The maximum atomic E-state index is 14.1. The zero-order valence-corrected chi connectivity index (χ0v) is 45.6. The highest BCUT2D eigenvalue weighted by Gasteiger charge is 2.52. The van der Waals surface area contributed by atoms with Crippen LogP contribution in [0.5, 0.6) is 0 Å². The van der Waals surface area contributed by atoms with Crippen LogP contribution in [0.4, 0.5) is 0 Å². The number of unbranched alkanes of at least 4 members (excludes halogenated alkanes) is 26. The van der Waals surface area contributed by atoms with Gasteiger partial charge in [0.15, 0.2) is 12.4 Å². The molecule has 1 fully saturated rings.